The molecule has 0 fully saturated rings. The first-order valence-electron chi connectivity index (χ1n) is 6.03. The molecule has 0 heterocycles. The SMILES string of the molecule is COc1cc(Br)cc(OC2=CC=C(Br)CC=C2)c1C(=O)O. The summed E-state index contributed by atoms with van der Waals surface area (Å²) in [5.41, 5.74) is -0.0118. The van der Waals surface area contributed by atoms with Crippen molar-refractivity contribution in [1.82, 2.24) is 0 Å². The van der Waals surface area contributed by atoms with Crippen LogP contribution in [0.15, 0.2) is 51.2 Å². The van der Waals surface area contributed by atoms with Gasteiger partial charge in [-0.15, -0.1) is 0 Å². The van der Waals surface area contributed by atoms with Crippen molar-refractivity contribution in [3.05, 3.63) is 56.7 Å². The van der Waals surface area contributed by atoms with E-state index in [0.717, 1.165) is 10.9 Å². The number of rotatable bonds is 4. The third-order valence-corrected chi connectivity index (χ3v) is 3.76. The molecule has 0 atom stereocenters. The standard InChI is InChI=1S/C15H12Br2O4/c1-20-12-7-10(17)8-13(14(12)15(18)19)21-11-4-2-3-9(16)5-6-11/h2,4-8H,3H2,1H3,(H,18,19). The highest BCUT2D eigenvalue weighted by atomic mass is 79.9. The molecule has 0 radical (unpaired) electrons. The number of carboxylic acids is 1. The molecule has 1 aliphatic carbocycles. The summed E-state index contributed by atoms with van der Waals surface area (Å²) in [6, 6.07) is 3.19. The summed E-state index contributed by atoms with van der Waals surface area (Å²) in [7, 11) is 1.42. The molecule has 21 heavy (non-hydrogen) atoms. The van der Waals surface area contributed by atoms with Crippen molar-refractivity contribution in [2.45, 2.75) is 6.42 Å². The van der Waals surface area contributed by atoms with E-state index in [1.54, 1.807) is 24.3 Å². The molecule has 0 spiro atoms. The normalized spacial score (nSPS) is 14.0. The third-order valence-electron chi connectivity index (χ3n) is 2.72. The zero-order valence-electron chi connectivity index (χ0n) is 11.1. The van der Waals surface area contributed by atoms with Crippen molar-refractivity contribution >= 4 is 37.8 Å². The van der Waals surface area contributed by atoms with Gasteiger partial charge in [0.15, 0.2) is 0 Å². The van der Waals surface area contributed by atoms with Gasteiger partial charge in [-0.3, -0.25) is 0 Å². The maximum absolute atomic E-state index is 11.4. The summed E-state index contributed by atoms with van der Waals surface area (Å²) in [4.78, 5) is 11.4. The number of halogens is 2. The Balaban J connectivity index is 2.44. The maximum Gasteiger partial charge on any atom is 0.343 e. The minimum absolute atomic E-state index is 0.0118. The molecule has 0 bridgehead atoms. The van der Waals surface area contributed by atoms with Crippen LogP contribution in [0.3, 0.4) is 0 Å². The van der Waals surface area contributed by atoms with Gasteiger partial charge in [0, 0.05) is 4.47 Å². The Hall–Kier alpha value is -1.53. The number of hydrogen-bond donors (Lipinski definition) is 1. The van der Waals surface area contributed by atoms with E-state index in [1.807, 2.05) is 12.2 Å². The van der Waals surface area contributed by atoms with Crippen molar-refractivity contribution in [2.75, 3.05) is 7.11 Å². The Bertz CT molecular complexity index is 660. The molecular formula is C15H12Br2O4. The Morgan fingerprint density at radius 2 is 1.95 bits per heavy atom. The van der Waals surface area contributed by atoms with Crippen LogP contribution in [0.25, 0.3) is 0 Å². The zero-order valence-corrected chi connectivity index (χ0v) is 14.3. The van der Waals surface area contributed by atoms with E-state index in [1.165, 1.54) is 7.11 Å². The molecule has 0 unspecified atom stereocenters. The third kappa shape index (κ3) is 3.98. The van der Waals surface area contributed by atoms with Crippen molar-refractivity contribution in [3.63, 3.8) is 0 Å². The number of hydrogen-bond acceptors (Lipinski definition) is 3. The number of ether oxygens (including phenoxy) is 2. The summed E-state index contributed by atoms with van der Waals surface area (Å²) in [5, 5.41) is 9.36. The Morgan fingerprint density at radius 3 is 2.62 bits per heavy atom. The van der Waals surface area contributed by atoms with Gasteiger partial charge >= 0.3 is 5.97 Å². The monoisotopic (exact) mass is 414 g/mol. The van der Waals surface area contributed by atoms with Gasteiger partial charge in [-0.25, -0.2) is 4.79 Å². The number of benzene rings is 1. The lowest BCUT2D eigenvalue weighted by atomic mass is 10.1. The van der Waals surface area contributed by atoms with E-state index >= 15 is 0 Å². The van der Waals surface area contributed by atoms with Crippen molar-refractivity contribution < 1.29 is 19.4 Å². The predicted molar refractivity (Wildman–Crippen MR) is 87.1 cm³/mol. The van der Waals surface area contributed by atoms with Crippen LogP contribution in [0.2, 0.25) is 0 Å². The van der Waals surface area contributed by atoms with E-state index in [9.17, 15) is 9.90 Å². The molecule has 6 heteroatoms. The van der Waals surface area contributed by atoms with Crippen LogP contribution >= 0.6 is 31.9 Å². The molecule has 0 aromatic heterocycles. The van der Waals surface area contributed by atoms with E-state index in [-0.39, 0.29) is 17.1 Å². The lowest BCUT2D eigenvalue weighted by Crippen LogP contribution is -2.05. The van der Waals surface area contributed by atoms with E-state index < -0.39 is 5.97 Å². The van der Waals surface area contributed by atoms with Crippen LogP contribution < -0.4 is 9.47 Å². The second kappa shape index (κ2) is 6.95. The number of allylic oxidation sites excluding steroid dienone is 5. The summed E-state index contributed by atoms with van der Waals surface area (Å²) in [5.74, 6) is -0.103. The Kier molecular flexibility index (Phi) is 5.25. The summed E-state index contributed by atoms with van der Waals surface area (Å²) >= 11 is 6.73. The van der Waals surface area contributed by atoms with Crippen LogP contribution in [-0.2, 0) is 0 Å². The van der Waals surface area contributed by atoms with Crippen LogP contribution in [-0.4, -0.2) is 18.2 Å². The van der Waals surface area contributed by atoms with E-state index in [4.69, 9.17) is 9.47 Å². The van der Waals surface area contributed by atoms with Crippen LogP contribution in [0.4, 0.5) is 0 Å². The largest absolute Gasteiger partial charge is 0.496 e. The van der Waals surface area contributed by atoms with Crippen LogP contribution in [0, 0.1) is 0 Å². The smallest absolute Gasteiger partial charge is 0.343 e. The predicted octanol–water partition coefficient (Wildman–Crippen LogP) is 4.66. The van der Waals surface area contributed by atoms with Crippen molar-refractivity contribution in [1.29, 1.82) is 0 Å². The maximum atomic E-state index is 11.4. The van der Waals surface area contributed by atoms with Gasteiger partial charge in [0.1, 0.15) is 22.8 Å². The van der Waals surface area contributed by atoms with Gasteiger partial charge in [-0.1, -0.05) is 37.9 Å². The summed E-state index contributed by atoms with van der Waals surface area (Å²) in [6.45, 7) is 0. The molecule has 1 aliphatic rings. The first-order valence-corrected chi connectivity index (χ1v) is 7.61. The Labute approximate surface area is 139 Å². The van der Waals surface area contributed by atoms with E-state index in [0.29, 0.717) is 10.2 Å². The lowest BCUT2D eigenvalue weighted by molar-refractivity contribution is 0.0690. The second-order valence-corrected chi connectivity index (χ2v) is 6.11. The zero-order chi connectivity index (χ0) is 15.4. The second-order valence-electron chi connectivity index (χ2n) is 4.18. The number of carboxylic acid groups (broad SMARTS) is 1. The highest BCUT2D eigenvalue weighted by Crippen LogP contribution is 2.34. The molecule has 4 nitrogen and oxygen atoms in total. The fourth-order valence-electron chi connectivity index (χ4n) is 1.79. The van der Waals surface area contributed by atoms with Gasteiger partial charge in [-0.05, 0) is 41.3 Å². The fourth-order valence-corrected chi connectivity index (χ4v) is 2.52. The molecule has 1 N–H and O–H groups in total. The molecule has 2 rings (SSSR count). The van der Waals surface area contributed by atoms with Crippen LogP contribution in [0.1, 0.15) is 16.8 Å². The van der Waals surface area contributed by atoms with Crippen LogP contribution in [0.5, 0.6) is 11.5 Å². The average Bonchev–Trinajstić information content (AvgIpc) is 2.62. The molecule has 0 aliphatic heterocycles. The van der Waals surface area contributed by atoms with Gasteiger partial charge in [0.2, 0.25) is 0 Å². The van der Waals surface area contributed by atoms with Gasteiger partial charge in [0.05, 0.1) is 7.11 Å². The molecular weight excluding hydrogens is 404 g/mol. The Morgan fingerprint density at radius 1 is 1.24 bits per heavy atom. The summed E-state index contributed by atoms with van der Waals surface area (Å²) < 4.78 is 12.5. The topological polar surface area (TPSA) is 55.8 Å². The molecule has 0 saturated heterocycles. The minimum Gasteiger partial charge on any atom is -0.496 e. The molecule has 1 aromatic carbocycles. The minimum atomic E-state index is -1.11. The molecule has 110 valence electrons. The number of aromatic carboxylic acids is 1. The highest BCUT2D eigenvalue weighted by Gasteiger charge is 2.20. The number of methoxy groups -OCH3 is 1. The van der Waals surface area contributed by atoms with Gasteiger partial charge < -0.3 is 14.6 Å². The van der Waals surface area contributed by atoms with Gasteiger partial charge in [-0.2, -0.15) is 0 Å². The summed E-state index contributed by atoms with van der Waals surface area (Å²) in [6.07, 6.45) is 8.12. The van der Waals surface area contributed by atoms with E-state index in [2.05, 4.69) is 31.9 Å². The fraction of sp³-hybridized carbons (Fsp3) is 0.133. The quantitative estimate of drug-likeness (QED) is 0.777. The van der Waals surface area contributed by atoms with Crippen molar-refractivity contribution in [2.24, 2.45) is 0 Å². The highest BCUT2D eigenvalue weighted by molar-refractivity contribution is 9.11. The first-order chi connectivity index (χ1) is 10.0. The molecule has 1 aromatic rings. The number of carbonyl (C=O) groups is 1. The van der Waals surface area contributed by atoms with Gasteiger partial charge in [0.25, 0.3) is 0 Å². The van der Waals surface area contributed by atoms with Crippen molar-refractivity contribution in [3.8, 4) is 11.5 Å². The first kappa shape index (κ1) is 15.9. The lowest BCUT2D eigenvalue weighted by Gasteiger charge is -2.13. The molecule has 0 amide bonds. The molecule has 0 saturated carbocycles. The average molecular weight is 416 g/mol.